The molecule has 31 heavy (non-hydrogen) atoms. The van der Waals surface area contributed by atoms with Crippen LogP contribution in [-0.4, -0.2) is 44.1 Å². The van der Waals surface area contributed by atoms with Gasteiger partial charge in [-0.3, -0.25) is 4.90 Å². The molecule has 168 valence electrons. The molecule has 0 aliphatic heterocycles. The first-order valence-electron chi connectivity index (χ1n) is 10.2. The summed E-state index contributed by atoms with van der Waals surface area (Å²) in [5.41, 5.74) is 2.55. The van der Waals surface area contributed by atoms with Gasteiger partial charge >= 0.3 is 0 Å². The third-order valence-corrected chi connectivity index (χ3v) is 6.11. The van der Waals surface area contributed by atoms with Crippen LogP contribution in [0.5, 0.6) is 11.5 Å². The average Bonchev–Trinajstić information content (AvgIpc) is 3.07. The Morgan fingerprint density at radius 2 is 1.90 bits per heavy atom. The molecule has 0 spiro atoms. The van der Waals surface area contributed by atoms with Crippen molar-refractivity contribution in [1.29, 1.82) is 0 Å². The largest absolute Gasteiger partial charge is 0.493 e. The maximum absolute atomic E-state index is 11.7. The van der Waals surface area contributed by atoms with E-state index in [4.69, 9.17) is 19.6 Å². The SMILES string of the molecule is CCCCn1c(CN(C)Cc2cccc(OC)c2OC)nc2cc(S(N)(=O)=O)ccc21. The maximum atomic E-state index is 11.7. The molecule has 3 rings (SSSR count). The van der Waals surface area contributed by atoms with E-state index in [1.165, 1.54) is 6.07 Å². The monoisotopic (exact) mass is 446 g/mol. The van der Waals surface area contributed by atoms with Crippen molar-refractivity contribution in [2.45, 2.75) is 44.3 Å². The Balaban J connectivity index is 1.92. The molecule has 0 aliphatic carbocycles. The van der Waals surface area contributed by atoms with Crippen molar-refractivity contribution < 1.29 is 17.9 Å². The van der Waals surface area contributed by atoms with Crippen LogP contribution >= 0.6 is 0 Å². The van der Waals surface area contributed by atoms with Gasteiger partial charge in [-0.15, -0.1) is 0 Å². The summed E-state index contributed by atoms with van der Waals surface area (Å²) in [4.78, 5) is 6.95. The lowest BCUT2D eigenvalue weighted by Gasteiger charge is -2.20. The third-order valence-electron chi connectivity index (χ3n) is 5.20. The van der Waals surface area contributed by atoms with Crippen molar-refractivity contribution >= 4 is 21.1 Å². The summed E-state index contributed by atoms with van der Waals surface area (Å²) < 4.78 is 36.6. The van der Waals surface area contributed by atoms with Gasteiger partial charge in [0.2, 0.25) is 10.0 Å². The van der Waals surface area contributed by atoms with E-state index in [0.29, 0.717) is 30.1 Å². The Morgan fingerprint density at radius 3 is 2.55 bits per heavy atom. The summed E-state index contributed by atoms with van der Waals surface area (Å²) in [6.07, 6.45) is 2.05. The van der Waals surface area contributed by atoms with Crippen molar-refractivity contribution in [2.24, 2.45) is 5.14 Å². The van der Waals surface area contributed by atoms with Gasteiger partial charge in [0.05, 0.1) is 36.7 Å². The van der Waals surface area contributed by atoms with Gasteiger partial charge in [0.25, 0.3) is 0 Å². The smallest absolute Gasteiger partial charge is 0.238 e. The molecule has 0 aliphatic rings. The lowest BCUT2D eigenvalue weighted by Crippen LogP contribution is -2.20. The first-order chi connectivity index (χ1) is 14.8. The number of hydrogen-bond donors (Lipinski definition) is 1. The molecular weight excluding hydrogens is 416 g/mol. The van der Waals surface area contributed by atoms with Crippen LogP contribution in [0.25, 0.3) is 11.0 Å². The molecule has 0 radical (unpaired) electrons. The van der Waals surface area contributed by atoms with Crippen LogP contribution in [-0.2, 0) is 29.7 Å². The quantitative estimate of drug-likeness (QED) is 0.514. The van der Waals surface area contributed by atoms with E-state index < -0.39 is 10.0 Å². The molecule has 2 aromatic carbocycles. The van der Waals surface area contributed by atoms with Gasteiger partial charge in [-0.25, -0.2) is 18.5 Å². The minimum absolute atomic E-state index is 0.0705. The number of aromatic nitrogens is 2. The molecule has 3 aromatic rings. The number of nitrogens with two attached hydrogens (primary N) is 1. The Bertz CT molecular complexity index is 1160. The van der Waals surface area contributed by atoms with E-state index >= 15 is 0 Å². The number of rotatable bonds is 10. The topological polar surface area (TPSA) is 99.7 Å². The van der Waals surface area contributed by atoms with Crippen LogP contribution in [0.1, 0.15) is 31.2 Å². The van der Waals surface area contributed by atoms with Crippen molar-refractivity contribution in [3.05, 3.63) is 47.8 Å². The summed E-state index contributed by atoms with van der Waals surface area (Å²) in [7, 11) is 1.49. The molecule has 0 amide bonds. The third kappa shape index (κ3) is 5.17. The summed E-state index contributed by atoms with van der Waals surface area (Å²) in [6.45, 7) is 4.18. The molecule has 9 heteroatoms. The predicted molar refractivity (Wildman–Crippen MR) is 121 cm³/mol. The van der Waals surface area contributed by atoms with Gasteiger partial charge in [-0.1, -0.05) is 25.5 Å². The number of ether oxygens (including phenoxy) is 2. The molecule has 0 fully saturated rings. The zero-order chi connectivity index (χ0) is 22.6. The molecule has 0 atom stereocenters. The van der Waals surface area contributed by atoms with Crippen LogP contribution in [0.2, 0.25) is 0 Å². The number of imidazole rings is 1. The predicted octanol–water partition coefficient (Wildman–Crippen LogP) is 3.13. The molecule has 2 N–H and O–H groups in total. The Morgan fingerprint density at radius 1 is 1.13 bits per heavy atom. The van der Waals surface area contributed by atoms with Crippen LogP contribution in [0.4, 0.5) is 0 Å². The fraction of sp³-hybridized carbons (Fsp3) is 0.409. The minimum Gasteiger partial charge on any atom is -0.493 e. The molecule has 0 unspecified atom stereocenters. The number of fused-ring (bicyclic) bond motifs is 1. The number of sulfonamides is 1. The summed E-state index contributed by atoms with van der Waals surface area (Å²) in [5.74, 6) is 2.28. The number of methoxy groups -OCH3 is 2. The molecule has 0 bridgehead atoms. The second-order valence-electron chi connectivity index (χ2n) is 7.55. The van der Waals surface area contributed by atoms with Crippen molar-refractivity contribution in [2.75, 3.05) is 21.3 Å². The highest BCUT2D eigenvalue weighted by Crippen LogP contribution is 2.31. The zero-order valence-corrected chi connectivity index (χ0v) is 19.3. The number of hydrogen-bond acceptors (Lipinski definition) is 6. The molecule has 1 heterocycles. The Hall–Kier alpha value is -2.62. The van der Waals surface area contributed by atoms with Gasteiger partial charge in [0, 0.05) is 18.7 Å². The van der Waals surface area contributed by atoms with Gasteiger partial charge in [-0.2, -0.15) is 0 Å². The standard InChI is InChI=1S/C22H30N4O4S/c1-5-6-12-26-19-11-10-17(31(23,27)28)13-18(19)24-21(26)15-25(2)14-16-8-7-9-20(29-3)22(16)30-4/h7-11,13H,5-6,12,14-15H2,1-4H3,(H2,23,27,28). The lowest BCUT2D eigenvalue weighted by molar-refractivity contribution is 0.293. The van der Waals surface area contributed by atoms with E-state index in [0.717, 1.165) is 36.3 Å². The number of primary sulfonamides is 1. The highest BCUT2D eigenvalue weighted by Gasteiger charge is 2.17. The fourth-order valence-electron chi connectivity index (χ4n) is 3.69. The molecule has 0 saturated heterocycles. The number of nitrogens with zero attached hydrogens (tertiary/aromatic N) is 3. The van der Waals surface area contributed by atoms with E-state index in [1.807, 2.05) is 25.2 Å². The zero-order valence-electron chi connectivity index (χ0n) is 18.5. The number of benzene rings is 2. The molecular formula is C22H30N4O4S. The van der Waals surface area contributed by atoms with Gasteiger partial charge < -0.3 is 14.0 Å². The number of para-hydroxylation sites is 1. The molecule has 8 nitrogen and oxygen atoms in total. The second kappa shape index (κ2) is 9.67. The van der Waals surface area contributed by atoms with E-state index in [1.54, 1.807) is 26.4 Å². The van der Waals surface area contributed by atoms with E-state index in [9.17, 15) is 8.42 Å². The highest BCUT2D eigenvalue weighted by molar-refractivity contribution is 7.89. The first-order valence-corrected chi connectivity index (χ1v) is 11.7. The van der Waals surface area contributed by atoms with Crippen LogP contribution in [0, 0.1) is 0 Å². The van der Waals surface area contributed by atoms with Crippen LogP contribution in [0.3, 0.4) is 0 Å². The van der Waals surface area contributed by atoms with Gasteiger partial charge in [0.1, 0.15) is 5.82 Å². The van der Waals surface area contributed by atoms with Gasteiger partial charge in [-0.05, 0) is 37.7 Å². The summed E-state index contributed by atoms with van der Waals surface area (Å²) in [5, 5.41) is 5.30. The maximum Gasteiger partial charge on any atom is 0.238 e. The summed E-state index contributed by atoms with van der Waals surface area (Å²) >= 11 is 0. The lowest BCUT2D eigenvalue weighted by atomic mass is 10.1. The number of unbranched alkanes of at least 4 members (excludes halogenated alkanes) is 1. The van der Waals surface area contributed by atoms with Crippen molar-refractivity contribution in [3.63, 3.8) is 0 Å². The normalized spacial score (nSPS) is 11.9. The van der Waals surface area contributed by atoms with Crippen LogP contribution in [0.15, 0.2) is 41.3 Å². The molecule has 1 aromatic heterocycles. The average molecular weight is 447 g/mol. The number of aryl methyl sites for hydroxylation is 1. The summed E-state index contributed by atoms with van der Waals surface area (Å²) in [6, 6.07) is 10.7. The van der Waals surface area contributed by atoms with E-state index in [-0.39, 0.29) is 4.90 Å². The van der Waals surface area contributed by atoms with E-state index in [2.05, 4.69) is 16.4 Å². The van der Waals surface area contributed by atoms with Crippen LogP contribution < -0.4 is 14.6 Å². The minimum atomic E-state index is -3.78. The van der Waals surface area contributed by atoms with Gasteiger partial charge in [0.15, 0.2) is 11.5 Å². The molecule has 0 saturated carbocycles. The second-order valence-corrected chi connectivity index (χ2v) is 9.12. The van der Waals surface area contributed by atoms with Crippen molar-refractivity contribution in [3.8, 4) is 11.5 Å². The highest BCUT2D eigenvalue weighted by atomic mass is 32.2. The van der Waals surface area contributed by atoms with Crippen molar-refractivity contribution in [1.82, 2.24) is 14.5 Å². The fourth-order valence-corrected chi connectivity index (χ4v) is 4.22. The first kappa shape index (κ1) is 23.1. The Labute approximate surface area is 183 Å². The Kier molecular flexibility index (Phi) is 7.19.